The lowest BCUT2D eigenvalue weighted by atomic mass is 9.87. The van der Waals surface area contributed by atoms with Gasteiger partial charge < -0.3 is 40.2 Å². The minimum atomic E-state index is -0.814. The number of nitrogens with one attached hydrogen (secondary N) is 4. The summed E-state index contributed by atoms with van der Waals surface area (Å²) >= 11 is 0. The van der Waals surface area contributed by atoms with E-state index in [-0.39, 0.29) is 83.9 Å². The van der Waals surface area contributed by atoms with Crippen molar-refractivity contribution in [3.8, 4) is 0 Å². The predicted molar refractivity (Wildman–Crippen MR) is 209 cm³/mol. The first-order chi connectivity index (χ1) is 24.3. The largest absolute Gasteiger partial charge is 0.461 e. The van der Waals surface area contributed by atoms with Crippen molar-refractivity contribution in [3.05, 3.63) is 0 Å². The molecule has 4 N–H and O–H groups in total. The first-order valence-electron chi connectivity index (χ1n) is 20.2. The Bertz CT molecular complexity index is 1320. The number of esters is 4. The molecule has 0 radical (unpaired) electrons. The Morgan fingerprint density at radius 2 is 0.648 bits per heavy atom. The van der Waals surface area contributed by atoms with Crippen LogP contribution in [0.2, 0.25) is 0 Å². The molecule has 54 heavy (non-hydrogen) atoms. The first kappa shape index (κ1) is 44.4. The fourth-order valence-electron chi connectivity index (χ4n) is 10.4. The van der Waals surface area contributed by atoms with Gasteiger partial charge in [-0.3, -0.25) is 19.2 Å². The van der Waals surface area contributed by atoms with Crippen LogP contribution in [0.4, 0.5) is 0 Å². The zero-order valence-corrected chi connectivity index (χ0v) is 36.4. The molecule has 4 saturated heterocycles. The second kappa shape index (κ2) is 14.9. The molecule has 310 valence electrons. The first-order valence-corrected chi connectivity index (χ1v) is 20.2. The van der Waals surface area contributed by atoms with Crippen LogP contribution in [-0.4, -0.2) is 93.6 Å². The van der Waals surface area contributed by atoms with E-state index in [1.807, 2.05) is 55.4 Å². The summed E-state index contributed by atoms with van der Waals surface area (Å²) in [6.45, 7) is 32.2. The highest BCUT2D eigenvalue weighted by Crippen LogP contribution is 2.40. The molecule has 0 aromatic rings. The van der Waals surface area contributed by atoms with Crippen LogP contribution < -0.4 is 21.3 Å². The van der Waals surface area contributed by atoms with Crippen molar-refractivity contribution in [2.45, 2.75) is 206 Å². The molecule has 0 bridgehead atoms. The zero-order chi connectivity index (χ0) is 41.1. The van der Waals surface area contributed by atoms with Crippen LogP contribution >= 0.6 is 0 Å². The van der Waals surface area contributed by atoms with Gasteiger partial charge in [0.05, 0.1) is 23.7 Å². The highest BCUT2D eigenvalue weighted by molar-refractivity contribution is 5.77. The van der Waals surface area contributed by atoms with Crippen molar-refractivity contribution in [2.24, 2.45) is 23.7 Å². The highest BCUT2D eigenvalue weighted by atomic mass is 16.6. The number of carbonyl (C=O) groups is 4. The van der Waals surface area contributed by atoms with Crippen LogP contribution in [0.3, 0.4) is 0 Å². The Kier molecular flexibility index (Phi) is 12.3. The lowest BCUT2D eigenvalue weighted by molar-refractivity contribution is -0.170. The van der Waals surface area contributed by atoms with Crippen molar-refractivity contribution in [1.82, 2.24) is 21.3 Å². The Morgan fingerprint density at radius 3 is 0.852 bits per heavy atom. The summed E-state index contributed by atoms with van der Waals surface area (Å²) in [4.78, 5) is 54.9. The van der Waals surface area contributed by atoms with Crippen molar-refractivity contribution >= 4 is 23.9 Å². The van der Waals surface area contributed by atoms with Crippen molar-refractivity contribution in [2.75, 3.05) is 13.2 Å². The molecule has 4 rings (SSSR count). The summed E-state index contributed by atoms with van der Waals surface area (Å²) in [6.07, 6.45) is 1.20. The molecule has 0 spiro atoms. The van der Waals surface area contributed by atoms with Crippen LogP contribution in [0.25, 0.3) is 0 Å². The molecule has 4 heterocycles. The van der Waals surface area contributed by atoms with Gasteiger partial charge in [-0.2, -0.15) is 0 Å². The number of hydrogen-bond donors (Lipinski definition) is 4. The molecule has 4 aliphatic heterocycles. The number of ether oxygens (including phenoxy) is 4. The summed E-state index contributed by atoms with van der Waals surface area (Å²) in [5, 5.41) is 14.1. The maximum atomic E-state index is 13.9. The van der Waals surface area contributed by atoms with Crippen molar-refractivity contribution < 1.29 is 38.1 Å². The van der Waals surface area contributed by atoms with Gasteiger partial charge in [-0.15, -0.1) is 0 Å². The fourth-order valence-corrected chi connectivity index (χ4v) is 10.4. The van der Waals surface area contributed by atoms with E-state index in [1.165, 1.54) is 0 Å². The maximum Gasteiger partial charge on any atom is 0.311 e. The molecule has 4 aliphatic rings. The Hall–Kier alpha value is -2.28. The Morgan fingerprint density at radius 1 is 0.426 bits per heavy atom. The molecule has 6 atom stereocenters. The third-order valence-electron chi connectivity index (χ3n) is 12.3. The van der Waals surface area contributed by atoms with Gasteiger partial charge >= 0.3 is 23.9 Å². The second-order valence-corrected chi connectivity index (χ2v) is 21.9. The van der Waals surface area contributed by atoms with E-state index in [0.29, 0.717) is 25.7 Å². The SMILES string of the molecule is CC1(C)CC(C(=O)OCC(CCC(COC(=O)C2CC(C)(C)NC2(C)C)OC(=O)C2CC(C)(C)NC2(C)C)OC(=O)C2CC(C)(C)NC2(C)C)C(C)(C)N1. The number of rotatable bonds is 13. The zero-order valence-electron chi connectivity index (χ0n) is 36.4. The quantitative estimate of drug-likeness (QED) is 0.142. The summed E-state index contributed by atoms with van der Waals surface area (Å²) < 4.78 is 24.3. The van der Waals surface area contributed by atoms with E-state index < -0.39 is 46.2 Å². The Labute approximate surface area is 325 Å². The Balaban J connectivity index is 1.54. The molecule has 0 saturated carbocycles. The molecule has 0 aromatic heterocycles. The molecule has 4 fully saturated rings. The van der Waals surface area contributed by atoms with Gasteiger partial charge in [0, 0.05) is 44.3 Å². The fraction of sp³-hybridized carbons (Fsp3) is 0.905. The summed E-state index contributed by atoms with van der Waals surface area (Å²) in [5.74, 6) is -3.07. The smallest absolute Gasteiger partial charge is 0.311 e. The van der Waals surface area contributed by atoms with Crippen LogP contribution in [0, 0.1) is 23.7 Å². The molecule has 0 amide bonds. The molecule has 6 unspecified atom stereocenters. The standard InChI is InChI=1S/C42H74N4O8/c1-35(2)19-27(39(9,10)43-35)31(47)51-23-25(53-33(49)29-21-37(5,6)45-41(29,13)14)17-18-26(54-34(50)30-22-38(7,8)46-42(30,15)16)24-52-32(48)28-20-36(3,4)44-40(28,11)12/h25-30,43-46H,17-24H2,1-16H3. The summed E-state index contributed by atoms with van der Waals surface area (Å²) in [6, 6.07) is 0. The van der Waals surface area contributed by atoms with Crippen LogP contribution in [0.5, 0.6) is 0 Å². The molecular formula is C42H74N4O8. The van der Waals surface area contributed by atoms with Gasteiger partial charge in [0.25, 0.3) is 0 Å². The van der Waals surface area contributed by atoms with E-state index in [2.05, 4.69) is 76.7 Å². The van der Waals surface area contributed by atoms with Gasteiger partial charge in [-0.25, -0.2) is 0 Å². The molecule has 0 aliphatic carbocycles. The number of hydrogen-bond acceptors (Lipinski definition) is 12. The van der Waals surface area contributed by atoms with Gasteiger partial charge in [0.2, 0.25) is 0 Å². The molecule has 12 nitrogen and oxygen atoms in total. The molecule has 0 aromatic carbocycles. The summed E-state index contributed by atoms with van der Waals surface area (Å²) in [5.41, 5.74) is -2.96. The predicted octanol–water partition coefficient (Wildman–Crippen LogP) is 5.34. The van der Waals surface area contributed by atoms with Gasteiger partial charge in [-0.1, -0.05) is 0 Å². The average molecular weight is 763 g/mol. The van der Waals surface area contributed by atoms with Gasteiger partial charge in [0.15, 0.2) is 0 Å². The van der Waals surface area contributed by atoms with E-state index in [4.69, 9.17) is 18.9 Å². The third kappa shape index (κ3) is 10.8. The van der Waals surface area contributed by atoms with Crippen LogP contribution in [0.15, 0.2) is 0 Å². The molecule has 12 heteroatoms. The van der Waals surface area contributed by atoms with E-state index in [9.17, 15) is 19.2 Å². The van der Waals surface area contributed by atoms with Crippen LogP contribution in [-0.2, 0) is 38.1 Å². The second-order valence-electron chi connectivity index (χ2n) is 21.9. The number of carbonyl (C=O) groups excluding carboxylic acids is 4. The highest BCUT2D eigenvalue weighted by Gasteiger charge is 2.52. The van der Waals surface area contributed by atoms with E-state index in [1.54, 1.807) is 0 Å². The van der Waals surface area contributed by atoms with Crippen molar-refractivity contribution in [3.63, 3.8) is 0 Å². The van der Waals surface area contributed by atoms with Crippen molar-refractivity contribution in [1.29, 1.82) is 0 Å². The minimum absolute atomic E-state index is 0.146. The van der Waals surface area contributed by atoms with Crippen LogP contribution in [0.1, 0.15) is 149 Å². The molecular weight excluding hydrogens is 688 g/mol. The minimum Gasteiger partial charge on any atom is -0.461 e. The monoisotopic (exact) mass is 763 g/mol. The van der Waals surface area contributed by atoms with Gasteiger partial charge in [0.1, 0.15) is 25.4 Å². The topological polar surface area (TPSA) is 153 Å². The normalized spacial score (nSPS) is 31.6. The third-order valence-corrected chi connectivity index (χ3v) is 12.3. The van der Waals surface area contributed by atoms with E-state index >= 15 is 0 Å². The summed E-state index contributed by atoms with van der Waals surface area (Å²) in [7, 11) is 0. The average Bonchev–Trinajstić information content (AvgIpc) is 3.54. The lowest BCUT2D eigenvalue weighted by Crippen LogP contribution is -2.48. The maximum absolute atomic E-state index is 13.9. The lowest BCUT2D eigenvalue weighted by Gasteiger charge is -2.31. The van der Waals surface area contributed by atoms with E-state index in [0.717, 1.165) is 0 Å². The van der Waals surface area contributed by atoms with Gasteiger partial charge in [-0.05, 0) is 149 Å².